The normalized spacial score (nSPS) is 12.0. The monoisotopic (exact) mass is 717 g/mol. The lowest BCUT2D eigenvalue weighted by atomic mass is 9.77. The van der Waals surface area contributed by atoms with E-state index in [4.69, 9.17) is 4.42 Å². The molecule has 0 unspecified atom stereocenters. The third kappa shape index (κ3) is 4.67. The molecule has 0 aliphatic heterocycles. The van der Waals surface area contributed by atoms with Gasteiger partial charge in [0.05, 0.1) is 11.4 Å². The molecule has 3 heteroatoms. The molecule has 2 nitrogen and oxygen atoms in total. The van der Waals surface area contributed by atoms with E-state index >= 15 is 0 Å². The van der Waals surface area contributed by atoms with Gasteiger partial charge in [0.15, 0.2) is 5.58 Å². The first-order chi connectivity index (χ1) is 27.2. The summed E-state index contributed by atoms with van der Waals surface area (Å²) in [5.74, 6) is 0. The summed E-state index contributed by atoms with van der Waals surface area (Å²) in [5.41, 5.74) is 15.1. The average Bonchev–Trinajstić information content (AvgIpc) is 3.88. The summed E-state index contributed by atoms with van der Waals surface area (Å²) < 4.78 is 8.00. The Kier molecular flexibility index (Phi) is 6.54. The minimum Gasteiger partial charge on any atom is -0.454 e. The predicted molar refractivity (Wildman–Crippen MR) is 234 cm³/mol. The minimum atomic E-state index is 0.876. The van der Waals surface area contributed by atoms with Gasteiger partial charge in [-0.25, -0.2) is 0 Å². The summed E-state index contributed by atoms with van der Waals surface area (Å²) >= 11 is 1.78. The summed E-state index contributed by atoms with van der Waals surface area (Å²) in [4.78, 5) is 2.41. The van der Waals surface area contributed by atoms with E-state index in [2.05, 4.69) is 186 Å². The lowest BCUT2D eigenvalue weighted by molar-refractivity contribution is 0.669. The number of fused-ring (bicyclic) bond motifs is 10. The molecule has 2 heterocycles. The smallest absolute Gasteiger partial charge is 0.159 e. The van der Waals surface area contributed by atoms with Crippen molar-refractivity contribution in [3.05, 3.63) is 187 Å². The van der Waals surface area contributed by atoms with Gasteiger partial charge in [-0.3, -0.25) is 0 Å². The van der Waals surface area contributed by atoms with E-state index in [-0.39, 0.29) is 0 Å². The summed E-state index contributed by atoms with van der Waals surface area (Å²) in [6, 6.07) is 66.4. The number of rotatable bonds is 5. The Morgan fingerprint density at radius 1 is 0.400 bits per heavy atom. The van der Waals surface area contributed by atoms with Crippen molar-refractivity contribution in [2.24, 2.45) is 0 Å². The summed E-state index contributed by atoms with van der Waals surface area (Å²) in [6.45, 7) is 0. The quantitative estimate of drug-likeness (QED) is 0.176. The van der Waals surface area contributed by atoms with Crippen LogP contribution < -0.4 is 4.90 Å². The molecule has 0 atom stereocenters. The molecule has 0 bridgehead atoms. The SMILES string of the molecule is c1ccc(-c2ccc3cc4c(cc3c2)-c2cc3cc(N(c5ccc6sccc6c5-c5ccccc5)c5cccc6c5oc5ccccc56)ccc3cc2-4)cc1. The minimum absolute atomic E-state index is 0.876. The van der Waals surface area contributed by atoms with Crippen molar-refractivity contribution in [2.75, 3.05) is 4.90 Å². The second kappa shape index (κ2) is 11.8. The molecule has 2 aromatic heterocycles. The maximum atomic E-state index is 6.73. The molecule has 256 valence electrons. The van der Waals surface area contributed by atoms with E-state index in [0.29, 0.717) is 0 Å². The molecule has 1 aliphatic carbocycles. The molecule has 0 saturated heterocycles. The highest BCUT2D eigenvalue weighted by molar-refractivity contribution is 7.17. The van der Waals surface area contributed by atoms with Crippen molar-refractivity contribution in [3.8, 4) is 44.5 Å². The van der Waals surface area contributed by atoms with Gasteiger partial charge in [0.2, 0.25) is 0 Å². The van der Waals surface area contributed by atoms with Gasteiger partial charge in [-0.2, -0.15) is 0 Å². The van der Waals surface area contributed by atoms with Crippen LogP contribution in [0.3, 0.4) is 0 Å². The molecule has 9 aromatic carbocycles. The van der Waals surface area contributed by atoms with E-state index < -0.39 is 0 Å². The number of hydrogen-bond acceptors (Lipinski definition) is 3. The predicted octanol–water partition coefficient (Wildman–Crippen LogP) is 15.6. The molecule has 0 fully saturated rings. The van der Waals surface area contributed by atoms with Gasteiger partial charge >= 0.3 is 0 Å². The van der Waals surface area contributed by atoms with Crippen molar-refractivity contribution >= 4 is 82.0 Å². The number of anilines is 3. The maximum absolute atomic E-state index is 6.73. The van der Waals surface area contributed by atoms with E-state index in [0.717, 1.165) is 39.0 Å². The summed E-state index contributed by atoms with van der Waals surface area (Å²) in [7, 11) is 0. The highest BCUT2D eigenvalue weighted by atomic mass is 32.1. The maximum Gasteiger partial charge on any atom is 0.159 e. The Balaban J connectivity index is 1.06. The molecule has 12 rings (SSSR count). The van der Waals surface area contributed by atoms with Crippen molar-refractivity contribution in [1.82, 2.24) is 0 Å². The third-order valence-corrected chi connectivity index (χ3v) is 12.3. The molecule has 0 amide bonds. The molecular weight excluding hydrogens is 687 g/mol. The molecule has 55 heavy (non-hydrogen) atoms. The largest absolute Gasteiger partial charge is 0.454 e. The van der Waals surface area contributed by atoms with Crippen LogP contribution in [0.1, 0.15) is 0 Å². The first-order valence-corrected chi connectivity index (χ1v) is 19.6. The molecule has 11 aromatic rings. The van der Waals surface area contributed by atoms with Crippen LogP contribution in [-0.2, 0) is 0 Å². The van der Waals surface area contributed by atoms with Gasteiger partial charge in [0, 0.05) is 32.1 Å². The topological polar surface area (TPSA) is 16.4 Å². The number of furan rings is 1. The molecule has 1 aliphatic rings. The van der Waals surface area contributed by atoms with Crippen molar-refractivity contribution in [2.45, 2.75) is 0 Å². The van der Waals surface area contributed by atoms with Gasteiger partial charge in [0.25, 0.3) is 0 Å². The van der Waals surface area contributed by atoms with Gasteiger partial charge < -0.3 is 9.32 Å². The number of hydrogen-bond donors (Lipinski definition) is 0. The molecule has 0 spiro atoms. The fraction of sp³-hybridized carbons (Fsp3) is 0. The van der Waals surface area contributed by atoms with Crippen LogP contribution in [0.4, 0.5) is 17.1 Å². The van der Waals surface area contributed by atoms with E-state index in [1.807, 2.05) is 6.07 Å². The zero-order chi connectivity index (χ0) is 36.0. The highest BCUT2D eigenvalue weighted by Crippen LogP contribution is 2.52. The molecular formula is C52H31NOS. The molecule has 0 radical (unpaired) electrons. The first-order valence-electron chi connectivity index (χ1n) is 18.7. The van der Waals surface area contributed by atoms with Crippen molar-refractivity contribution in [1.29, 1.82) is 0 Å². The number of benzene rings is 9. The summed E-state index contributed by atoms with van der Waals surface area (Å²) in [5, 5.41) is 10.6. The molecule has 0 saturated carbocycles. The number of para-hydroxylation sites is 2. The Labute approximate surface area is 321 Å². The van der Waals surface area contributed by atoms with Crippen LogP contribution in [0.5, 0.6) is 0 Å². The van der Waals surface area contributed by atoms with Gasteiger partial charge in [0.1, 0.15) is 5.58 Å². The fourth-order valence-electron chi connectivity index (χ4n) is 8.80. The fourth-order valence-corrected chi connectivity index (χ4v) is 9.60. The Hall–Kier alpha value is -6.94. The van der Waals surface area contributed by atoms with Gasteiger partial charge in [-0.15, -0.1) is 11.3 Å². The van der Waals surface area contributed by atoms with Crippen LogP contribution in [0.25, 0.3) is 98.1 Å². The van der Waals surface area contributed by atoms with Crippen LogP contribution in [0.15, 0.2) is 192 Å². The standard InChI is InChI=1S/C52H31NOS/c1-3-10-32(11-4-1)34-18-19-35-28-43-44-29-36-20-21-39(27-38(36)31-46(44)45(43)30-37(35)26-34)53(48-16-9-15-41-40-14-7-8-17-49(40)54-52(41)48)47-22-23-50-42(24-25-55-50)51(47)33-12-5-2-6-13-33/h1-31H. The lowest BCUT2D eigenvalue weighted by Crippen LogP contribution is -2.12. The van der Waals surface area contributed by atoms with E-state index in [1.165, 1.54) is 76.1 Å². The van der Waals surface area contributed by atoms with Crippen LogP contribution >= 0.6 is 11.3 Å². The first kappa shape index (κ1) is 30.5. The summed E-state index contributed by atoms with van der Waals surface area (Å²) in [6.07, 6.45) is 0. The average molecular weight is 718 g/mol. The zero-order valence-corrected chi connectivity index (χ0v) is 30.5. The van der Waals surface area contributed by atoms with Crippen molar-refractivity contribution < 1.29 is 4.42 Å². The van der Waals surface area contributed by atoms with Crippen LogP contribution in [0.2, 0.25) is 0 Å². The van der Waals surface area contributed by atoms with E-state index in [9.17, 15) is 0 Å². The molecule has 0 N–H and O–H groups in total. The zero-order valence-electron chi connectivity index (χ0n) is 29.7. The van der Waals surface area contributed by atoms with Crippen LogP contribution in [-0.4, -0.2) is 0 Å². The Morgan fingerprint density at radius 2 is 1.05 bits per heavy atom. The highest BCUT2D eigenvalue weighted by Gasteiger charge is 2.26. The number of nitrogens with zero attached hydrogens (tertiary/aromatic N) is 1. The van der Waals surface area contributed by atoms with Crippen molar-refractivity contribution in [3.63, 3.8) is 0 Å². The third-order valence-electron chi connectivity index (χ3n) is 11.4. The Bertz CT molecular complexity index is 3320. The second-order valence-corrected chi connectivity index (χ2v) is 15.4. The second-order valence-electron chi connectivity index (χ2n) is 14.5. The van der Waals surface area contributed by atoms with Gasteiger partial charge in [-0.05, 0) is 139 Å². The van der Waals surface area contributed by atoms with E-state index in [1.54, 1.807) is 11.3 Å². The van der Waals surface area contributed by atoms with Crippen LogP contribution in [0, 0.1) is 0 Å². The Morgan fingerprint density at radius 3 is 1.84 bits per heavy atom. The van der Waals surface area contributed by atoms with Gasteiger partial charge in [-0.1, -0.05) is 109 Å². The lowest BCUT2D eigenvalue weighted by Gasteiger charge is -2.29. The number of thiophene rings is 1.